The van der Waals surface area contributed by atoms with Crippen molar-refractivity contribution in [2.24, 2.45) is 5.10 Å². The minimum absolute atomic E-state index is 0.199. The van der Waals surface area contributed by atoms with Crippen molar-refractivity contribution in [2.75, 3.05) is 13.7 Å². The third kappa shape index (κ3) is 5.58. The van der Waals surface area contributed by atoms with Gasteiger partial charge in [0, 0.05) is 10.9 Å². The van der Waals surface area contributed by atoms with Crippen LogP contribution in [0.1, 0.15) is 24.5 Å². The fourth-order valence-corrected chi connectivity index (χ4v) is 4.40. The molecule has 0 saturated carbocycles. The summed E-state index contributed by atoms with van der Waals surface area (Å²) in [5, 5.41) is 6.44. The number of fused-ring (bicyclic) bond motifs is 1. The highest BCUT2D eigenvalue weighted by Gasteiger charge is 2.14. The topological polar surface area (TPSA) is 94.8 Å². The minimum Gasteiger partial charge on any atom is -0.493 e. The Morgan fingerprint density at radius 2 is 2.00 bits per heavy atom. The van der Waals surface area contributed by atoms with Crippen LogP contribution in [0.3, 0.4) is 0 Å². The molecule has 2 aromatic heterocycles. The van der Waals surface area contributed by atoms with E-state index in [1.165, 1.54) is 28.4 Å². The van der Waals surface area contributed by atoms with Gasteiger partial charge < -0.3 is 9.47 Å². The Morgan fingerprint density at radius 1 is 1.20 bits per heavy atom. The molecule has 0 fully saturated rings. The normalized spacial score (nSPS) is 11.2. The molecule has 35 heavy (non-hydrogen) atoms. The lowest BCUT2D eigenvalue weighted by molar-refractivity contribution is -0.121. The molecule has 0 atom stereocenters. The van der Waals surface area contributed by atoms with E-state index in [9.17, 15) is 9.59 Å². The van der Waals surface area contributed by atoms with Crippen LogP contribution in [0.15, 0.2) is 64.1 Å². The van der Waals surface area contributed by atoms with Gasteiger partial charge in [0.25, 0.3) is 11.5 Å². The van der Waals surface area contributed by atoms with Crippen molar-refractivity contribution in [1.82, 2.24) is 15.0 Å². The van der Waals surface area contributed by atoms with Gasteiger partial charge in [0.1, 0.15) is 11.4 Å². The molecule has 1 amide bonds. The van der Waals surface area contributed by atoms with Crippen LogP contribution < -0.4 is 20.5 Å². The molecule has 0 bridgehead atoms. The Morgan fingerprint density at radius 3 is 2.74 bits per heavy atom. The van der Waals surface area contributed by atoms with Crippen molar-refractivity contribution in [1.29, 1.82) is 0 Å². The molecule has 0 saturated heterocycles. The standard InChI is InChI=1S/C26H26N4O4S/c1-4-11-34-21-10-7-18(12-22(21)33-3)13-28-29-23(31)14-30-16-27-25-24(26(30)32)20(15-35-25)19-8-5-17(2)6-9-19/h5-10,12-13,15-16H,4,11,14H2,1-3H3,(H,29,31)/b28-13-. The lowest BCUT2D eigenvalue weighted by atomic mass is 10.1. The van der Waals surface area contributed by atoms with E-state index in [4.69, 9.17) is 9.47 Å². The van der Waals surface area contributed by atoms with Gasteiger partial charge in [-0.2, -0.15) is 5.10 Å². The second-order valence-corrected chi connectivity index (χ2v) is 8.78. The van der Waals surface area contributed by atoms with E-state index in [1.807, 2.05) is 49.6 Å². The van der Waals surface area contributed by atoms with E-state index in [1.54, 1.807) is 19.2 Å². The van der Waals surface area contributed by atoms with E-state index >= 15 is 0 Å². The Kier molecular flexibility index (Phi) is 7.57. The quantitative estimate of drug-likeness (QED) is 0.278. The van der Waals surface area contributed by atoms with Crippen molar-refractivity contribution in [3.63, 3.8) is 0 Å². The lowest BCUT2D eigenvalue weighted by Crippen LogP contribution is -2.30. The molecule has 180 valence electrons. The molecule has 0 unspecified atom stereocenters. The van der Waals surface area contributed by atoms with E-state index in [0.717, 1.165) is 28.7 Å². The average Bonchev–Trinajstić information content (AvgIpc) is 3.30. The summed E-state index contributed by atoms with van der Waals surface area (Å²) in [5.74, 6) is 0.794. The Balaban J connectivity index is 1.47. The van der Waals surface area contributed by atoms with Crippen molar-refractivity contribution in [3.8, 4) is 22.6 Å². The van der Waals surface area contributed by atoms with E-state index in [0.29, 0.717) is 28.3 Å². The van der Waals surface area contributed by atoms with Crippen LogP contribution in [-0.2, 0) is 11.3 Å². The van der Waals surface area contributed by atoms with Gasteiger partial charge in [0.2, 0.25) is 0 Å². The van der Waals surface area contributed by atoms with Crippen LogP contribution in [0.2, 0.25) is 0 Å². The molecule has 4 rings (SSSR count). The molecule has 0 spiro atoms. The van der Waals surface area contributed by atoms with Crippen molar-refractivity contribution in [3.05, 3.63) is 75.7 Å². The predicted octanol–water partition coefficient (Wildman–Crippen LogP) is 4.38. The summed E-state index contributed by atoms with van der Waals surface area (Å²) in [7, 11) is 1.57. The molecular weight excluding hydrogens is 464 g/mol. The molecule has 2 aromatic carbocycles. The minimum atomic E-state index is -0.438. The number of benzene rings is 2. The molecule has 0 radical (unpaired) electrons. The smallest absolute Gasteiger partial charge is 0.263 e. The van der Waals surface area contributed by atoms with Crippen LogP contribution >= 0.6 is 11.3 Å². The fraction of sp³-hybridized carbons (Fsp3) is 0.231. The highest BCUT2D eigenvalue weighted by molar-refractivity contribution is 7.17. The average molecular weight is 491 g/mol. The predicted molar refractivity (Wildman–Crippen MR) is 139 cm³/mol. The second kappa shape index (κ2) is 11.0. The number of aromatic nitrogens is 2. The zero-order valence-electron chi connectivity index (χ0n) is 19.8. The number of nitrogens with one attached hydrogen (secondary N) is 1. The fourth-order valence-electron chi connectivity index (χ4n) is 3.49. The monoisotopic (exact) mass is 490 g/mol. The van der Waals surface area contributed by atoms with Crippen LogP contribution in [0.25, 0.3) is 21.3 Å². The Bertz CT molecular complexity index is 1420. The van der Waals surface area contributed by atoms with Gasteiger partial charge in [-0.05, 0) is 42.7 Å². The van der Waals surface area contributed by atoms with Gasteiger partial charge in [-0.1, -0.05) is 36.8 Å². The first-order valence-corrected chi connectivity index (χ1v) is 12.0. The summed E-state index contributed by atoms with van der Waals surface area (Å²) >= 11 is 1.41. The molecule has 0 aliphatic carbocycles. The lowest BCUT2D eigenvalue weighted by Gasteiger charge is -2.10. The number of rotatable bonds is 9. The second-order valence-electron chi connectivity index (χ2n) is 7.93. The maximum absolute atomic E-state index is 13.1. The number of ether oxygens (including phenoxy) is 2. The first kappa shape index (κ1) is 24.2. The van der Waals surface area contributed by atoms with Crippen molar-refractivity contribution >= 4 is 33.7 Å². The van der Waals surface area contributed by atoms with Crippen LogP contribution in [-0.4, -0.2) is 35.4 Å². The molecule has 9 heteroatoms. The number of nitrogens with zero attached hydrogens (tertiary/aromatic N) is 3. The summed E-state index contributed by atoms with van der Waals surface area (Å²) in [4.78, 5) is 30.6. The number of thiophene rings is 1. The summed E-state index contributed by atoms with van der Waals surface area (Å²) in [6, 6.07) is 13.3. The maximum atomic E-state index is 13.1. The first-order chi connectivity index (χ1) is 17.0. The van der Waals surface area contributed by atoms with Gasteiger partial charge in [-0.15, -0.1) is 11.3 Å². The molecule has 0 aliphatic rings. The molecule has 4 aromatic rings. The highest BCUT2D eigenvalue weighted by Crippen LogP contribution is 2.31. The van der Waals surface area contributed by atoms with Gasteiger partial charge in [-0.25, -0.2) is 10.4 Å². The number of aryl methyl sites for hydroxylation is 1. The molecule has 1 N–H and O–H groups in total. The molecule has 8 nitrogen and oxygen atoms in total. The van der Waals surface area contributed by atoms with Crippen LogP contribution in [0.4, 0.5) is 0 Å². The van der Waals surface area contributed by atoms with Gasteiger partial charge in [0.15, 0.2) is 11.5 Å². The van der Waals surface area contributed by atoms with E-state index in [2.05, 4.69) is 15.5 Å². The third-order valence-corrected chi connectivity index (χ3v) is 6.18. The number of amides is 1. The highest BCUT2D eigenvalue weighted by atomic mass is 32.1. The summed E-state index contributed by atoms with van der Waals surface area (Å²) in [5.41, 5.74) is 5.82. The zero-order chi connectivity index (χ0) is 24.8. The van der Waals surface area contributed by atoms with Crippen molar-refractivity contribution in [2.45, 2.75) is 26.8 Å². The number of hydrazone groups is 1. The Labute approximate surface area is 206 Å². The molecule has 0 aliphatic heterocycles. The third-order valence-electron chi connectivity index (χ3n) is 5.29. The number of carbonyl (C=O) groups excluding carboxylic acids is 1. The number of hydrogen-bond donors (Lipinski definition) is 1. The molecule has 2 heterocycles. The Hall–Kier alpha value is -3.98. The number of methoxy groups -OCH3 is 1. The summed E-state index contributed by atoms with van der Waals surface area (Å²) in [6.45, 7) is 4.44. The summed E-state index contributed by atoms with van der Waals surface area (Å²) < 4.78 is 12.3. The van der Waals surface area contributed by atoms with Gasteiger partial charge in [-0.3, -0.25) is 14.2 Å². The number of carbonyl (C=O) groups is 1. The summed E-state index contributed by atoms with van der Waals surface area (Å²) in [6.07, 6.45) is 3.79. The number of hydrogen-bond acceptors (Lipinski definition) is 7. The van der Waals surface area contributed by atoms with Gasteiger partial charge in [0.05, 0.1) is 31.6 Å². The zero-order valence-corrected chi connectivity index (χ0v) is 20.6. The maximum Gasteiger partial charge on any atom is 0.263 e. The molecular formula is C26H26N4O4S. The van der Waals surface area contributed by atoms with Crippen LogP contribution in [0.5, 0.6) is 11.5 Å². The van der Waals surface area contributed by atoms with E-state index < -0.39 is 5.91 Å². The largest absolute Gasteiger partial charge is 0.493 e. The van der Waals surface area contributed by atoms with E-state index in [-0.39, 0.29) is 12.1 Å². The SMILES string of the molecule is CCCOc1ccc(/C=N\NC(=O)Cn2cnc3scc(-c4ccc(C)cc4)c3c2=O)cc1OC. The van der Waals surface area contributed by atoms with Gasteiger partial charge >= 0.3 is 0 Å². The first-order valence-electron chi connectivity index (χ1n) is 11.2. The van der Waals surface area contributed by atoms with Crippen LogP contribution in [0, 0.1) is 6.92 Å². The van der Waals surface area contributed by atoms with Crippen molar-refractivity contribution < 1.29 is 14.3 Å².